The summed E-state index contributed by atoms with van der Waals surface area (Å²) >= 11 is 3.52. The van der Waals surface area contributed by atoms with Crippen LogP contribution in [0.1, 0.15) is 28.8 Å². The summed E-state index contributed by atoms with van der Waals surface area (Å²) in [7, 11) is 0. The molecule has 19 heavy (non-hydrogen) atoms. The van der Waals surface area contributed by atoms with Gasteiger partial charge in [-0.05, 0) is 31.2 Å². The molecule has 1 atom stereocenters. The quantitative estimate of drug-likeness (QED) is 0.513. The predicted octanol–water partition coefficient (Wildman–Crippen LogP) is 2.81. The van der Waals surface area contributed by atoms with E-state index in [-0.39, 0.29) is 22.0 Å². The van der Waals surface area contributed by atoms with Crippen LogP contribution in [0, 0.1) is 23.0 Å². The van der Waals surface area contributed by atoms with Crippen molar-refractivity contribution in [2.24, 2.45) is 5.92 Å². The molecule has 1 aromatic carbocycles. The molecule has 0 heterocycles. The fourth-order valence-corrected chi connectivity index (χ4v) is 2.69. The smallest absolute Gasteiger partial charge is 0.282 e. The Morgan fingerprint density at radius 1 is 1.58 bits per heavy atom. The molecule has 0 aliphatic heterocycles. The number of hydrogen-bond donors (Lipinski definition) is 1. The van der Waals surface area contributed by atoms with Crippen LogP contribution in [0.15, 0.2) is 18.2 Å². The minimum absolute atomic E-state index is 0.143. The van der Waals surface area contributed by atoms with Gasteiger partial charge in [0.05, 0.1) is 4.92 Å². The summed E-state index contributed by atoms with van der Waals surface area (Å²) in [6, 6.07) is 4.64. The van der Waals surface area contributed by atoms with Crippen LogP contribution in [0.2, 0.25) is 0 Å². The molecule has 1 unspecified atom stereocenters. The highest BCUT2D eigenvalue weighted by atomic mass is 79.9. The van der Waals surface area contributed by atoms with Crippen LogP contribution >= 0.6 is 15.9 Å². The van der Waals surface area contributed by atoms with Crippen LogP contribution in [0.25, 0.3) is 0 Å². The molecule has 0 spiro atoms. The molecule has 0 radical (unpaired) electrons. The molecule has 1 saturated carbocycles. The van der Waals surface area contributed by atoms with E-state index in [9.17, 15) is 14.9 Å². The number of aryl methyl sites for hydroxylation is 1. The van der Waals surface area contributed by atoms with Crippen LogP contribution in [0.3, 0.4) is 0 Å². The number of hydrogen-bond acceptors (Lipinski definition) is 3. The van der Waals surface area contributed by atoms with Crippen molar-refractivity contribution in [2.45, 2.75) is 24.6 Å². The lowest BCUT2D eigenvalue weighted by Gasteiger charge is -2.11. The average Bonchev–Trinajstić information content (AvgIpc) is 3.19. The summed E-state index contributed by atoms with van der Waals surface area (Å²) in [5, 5.41) is 13.7. The minimum Gasteiger partial charge on any atom is -0.351 e. The summed E-state index contributed by atoms with van der Waals surface area (Å²) in [6.07, 6.45) is 2.35. The van der Waals surface area contributed by atoms with Crippen molar-refractivity contribution in [1.82, 2.24) is 5.32 Å². The van der Waals surface area contributed by atoms with Crippen LogP contribution in [0.5, 0.6) is 0 Å². The number of rotatable bonds is 5. The van der Waals surface area contributed by atoms with Gasteiger partial charge < -0.3 is 5.32 Å². The van der Waals surface area contributed by atoms with Crippen LogP contribution in [-0.4, -0.2) is 22.2 Å². The molecule has 6 heteroatoms. The second-order valence-corrected chi connectivity index (χ2v) is 5.97. The zero-order valence-corrected chi connectivity index (χ0v) is 12.1. The zero-order valence-electron chi connectivity index (χ0n) is 10.6. The lowest BCUT2D eigenvalue weighted by atomic mass is 10.1. The minimum atomic E-state index is -0.519. The third-order valence-electron chi connectivity index (χ3n) is 3.27. The van der Waals surface area contributed by atoms with Crippen molar-refractivity contribution in [3.63, 3.8) is 0 Å². The Bertz CT molecular complexity index is 515. The fraction of sp³-hybridized carbons (Fsp3) is 0.462. The lowest BCUT2D eigenvalue weighted by Crippen LogP contribution is -2.31. The maximum Gasteiger partial charge on any atom is 0.282 e. The fourth-order valence-electron chi connectivity index (χ4n) is 2.00. The Kier molecular flexibility index (Phi) is 4.19. The van der Waals surface area contributed by atoms with E-state index in [1.165, 1.54) is 18.9 Å². The van der Waals surface area contributed by atoms with Gasteiger partial charge in [-0.2, -0.15) is 0 Å². The number of nitrogens with one attached hydrogen (secondary N) is 1. The molecular weight excluding hydrogens is 312 g/mol. The summed E-state index contributed by atoms with van der Waals surface area (Å²) in [6.45, 7) is 2.20. The van der Waals surface area contributed by atoms with Gasteiger partial charge in [-0.3, -0.25) is 14.9 Å². The van der Waals surface area contributed by atoms with Crippen molar-refractivity contribution in [2.75, 3.05) is 6.54 Å². The Morgan fingerprint density at radius 3 is 2.84 bits per heavy atom. The summed E-state index contributed by atoms with van der Waals surface area (Å²) < 4.78 is 0. The Labute approximate surface area is 119 Å². The van der Waals surface area contributed by atoms with Crippen molar-refractivity contribution in [3.05, 3.63) is 39.4 Å². The number of carbonyl (C=O) groups excluding carboxylic acids is 1. The van der Waals surface area contributed by atoms with Crippen molar-refractivity contribution in [3.8, 4) is 0 Å². The number of nitrogens with zero attached hydrogens (tertiary/aromatic N) is 1. The highest BCUT2D eigenvalue weighted by Gasteiger charge is 2.30. The van der Waals surface area contributed by atoms with Gasteiger partial charge in [0.2, 0.25) is 0 Å². The van der Waals surface area contributed by atoms with E-state index >= 15 is 0 Å². The van der Waals surface area contributed by atoms with E-state index < -0.39 is 4.92 Å². The number of benzene rings is 1. The van der Waals surface area contributed by atoms with Crippen LogP contribution < -0.4 is 5.32 Å². The predicted molar refractivity (Wildman–Crippen MR) is 75.6 cm³/mol. The summed E-state index contributed by atoms with van der Waals surface area (Å²) in [5.74, 6) is 0.238. The third-order valence-corrected chi connectivity index (χ3v) is 4.34. The zero-order chi connectivity index (χ0) is 14.0. The Morgan fingerprint density at radius 2 is 2.26 bits per heavy atom. The van der Waals surface area contributed by atoms with Gasteiger partial charge >= 0.3 is 0 Å². The maximum absolute atomic E-state index is 12.1. The summed E-state index contributed by atoms with van der Waals surface area (Å²) in [5.41, 5.74) is 0.627. The van der Waals surface area contributed by atoms with Gasteiger partial charge in [0.1, 0.15) is 5.56 Å². The monoisotopic (exact) mass is 326 g/mol. The van der Waals surface area contributed by atoms with E-state index in [1.807, 2.05) is 0 Å². The van der Waals surface area contributed by atoms with Gasteiger partial charge in [0.25, 0.3) is 11.6 Å². The van der Waals surface area contributed by atoms with Crippen molar-refractivity contribution in [1.29, 1.82) is 0 Å². The van der Waals surface area contributed by atoms with E-state index in [2.05, 4.69) is 21.2 Å². The number of carbonyl (C=O) groups is 1. The number of alkyl halides is 1. The van der Waals surface area contributed by atoms with Gasteiger partial charge in [-0.1, -0.05) is 28.1 Å². The number of halogens is 1. The first-order valence-corrected chi connectivity index (χ1v) is 7.08. The molecule has 0 bridgehead atoms. The van der Waals surface area contributed by atoms with Crippen molar-refractivity contribution < 1.29 is 9.72 Å². The molecule has 1 aromatic rings. The second-order valence-electron chi connectivity index (χ2n) is 4.79. The first-order chi connectivity index (χ1) is 9.00. The molecule has 1 N–H and O–H groups in total. The van der Waals surface area contributed by atoms with Gasteiger partial charge in [0.15, 0.2) is 0 Å². The third kappa shape index (κ3) is 3.32. The number of nitro benzene ring substituents is 1. The molecule has 1 amide bonds. The molecule has 0 saturated heterocycles. The van der Waals surface area contributed by atoms with Crippen LogP contribution in [0.4, 0.5) is 5.69 Å². The number of nitro groups is 1. The molecule has 2 rings (SSSR count). The highest BCUT2D eigenvalue weighted by molar-refractivity contribution is 9.09. The Hall–Kier alpha value is -1.43. The Balaban J connectivity index is 2.11. The van der Waals surface area contributed by atoms with Crippen LogP contribution in [-0.2, 0) is 0 Å². The SMILES string of the molecule is Cc1cccc([N+](=O)[O-])c1C(=O)NCC(Br)C1CC1. The molecule has 1 fully saturated rings. The van der Waals surface area contributed by atoms with Gasteiger partial charge in [-0.15, -0.1) is 0 Å². The molecule has 1 aliphatic rings. The summed E-state index contributed by atoms with van der Waals surface area (Å²) in [4.78, 5) is 22.8. The molecular formula is C13H15BrN2O3. The first-order valence-electron chi connectivity index (χ1n) is 6.17. The van der Waals surface area contributed by atoms with E-state index in [0.29, 0.717) is 18.0 Å². The van der Waals surface area contributed by atoms with E-state index in [4.69, 9.17) is 0 Å². The topological polar surface area (TPSA) is 72.2 Å². The maximum atomic E-state index is 12.1. The molecule has 1 aliphatic carbocycles. The standard InChI is InChI=1S/C13H15BrN2O3/c1-8-3-2-4-11(16(18)19)12(8)13(17)15-7-10(14)9-5-6-9/h2-4,9-10H,5-7H2,1H3,(H,15,17). The first kappa shape index (κ1) is 14.0. The van der Waals surface area contributed by atoms with E-state index in [1.54, 1.807) is 19.1 Å². The van der Waals surface area contributed by atoms with Gasteiger partial charge in [0, 0.05) is 17.4 Å². The van der Waals surface area contributed by atoms with Crippen molar-refractivity contribution >= 4 is 27.5 Å². The number of amides is 1. The largest absolute Gasteiger partial charge is 0.351 e. The molecule has 102 valence electrons. The average molecular weight is 327 g/mol. The van der Waals surface area contributed by atoms with E-state index in [0.717, 1.165) is 0 Å². The highest BCUT2D eigenvalue weighted by Crippen LogP contribution is 2.36. The second kappa shape index (κ2) is 5.69. The lowest BCUT2D eigenvalue weighted by molar-refractivity contribution is -0.385. The normalized spacial score (nSPS) is 15.9. The molecule has 0 aromatic heterocycles. The van der Waals surface area contributed by atoms with Gasteiger partial charge in [-0.25, -0.2) is 0 Å². The molecule has 5 nitrogen and oxygen atoms in total.